The SMILES string of the molecule is C[C@H]1[C@H](N)C[C@@H]2C[C@H]1C2(C)C.Cl. The van der Waals surface area contributed by atoms with E-state index in [1.54, 1.807) is 0 Å². The molecular weight excluding hydrogens is 170 g/mol. The first-order valence-electron chi connectivity index (χ1n) is 4.79. The lowest BCUT2D eigenvalue weighted by Gasteiger charge is -2.61. The molecule has 0 aromatic rings. The Labute approximate surface area is 81.5 Å². The van der Waals surface area contributed by atoms with Crippen molar-refractivity contribution in [3.63, 3.8) is 0 Å². The highest BCUT2D eigenvalue weighted by molar-refractivity contribution is 5.85. The van der Waals surface area contributed by atoms with E-state index in [4.69, 9.17) is 5.73 Å². The van der Waals surface area contributed by atoms with E-state index in [-0.39, 0.29) is 12.4 Å². The Morgan fingerprint density at radius 1 is 1.25 bits per heavy atom. The lowest BCUT2D eigenvalue weighted by Crippen LogP contribution is -2.58. The maximum atomic E-state index is 6.02. The first kappa shape index (κ1) is 10.3. The van der Waals surface area contributed by atoms with Crippen LogP contribution in [-0.4, -0.2) is 6.04 Å². The van der Waals surface area contributed by atoms with E-state index < -0.39 is 0 Å². The van der Waals surface area contributed by atoms with Crippen LogP contribution in [-0.2, 0) is 0 Å². The maximum absolute atomic E-state index is 6.02. The fourth-order valence-electron chi connectivity index (χ4n) is 3.19. The second-order valence-corrected chi connectivity index (χ2v) is 5.12. The second kappa shape index (κ2) is 2.88. The van der Waals surface area contributed by atoms with Crippen molar-refractivity contribution in [2.45, 2.75) is 39.7 Å². The van der Waals surface area contributed by atoms with Crippen molar-refractivity contribution in [2.24, 2.45) is 28.9 Å². The summed E-state index contributed by atoms with van der Waals surface area (Å²) >= 11 is 0. The van der Waals surface area contributed by atoms with Crippen molar-refractivity contribution in [3.05, 3.63) is 0 Å². The summed E-state index contributed by atoms with van der Waals surface area (Å²) in [6.07, 6.45) is 2.71. The van der Waals surface area contributed by atoms with Gasteiger partial charge in [-0.15, -0.1) is 12.4 Å². The molecule has 0 unspecified atom stereocenters. The Kier molecular flexibility index (Phi) is 2.48. The third kappa shape index (κ3) is 1.10. The van der Waals surface area contributed by atoms with E-state index in [1.807, 2.05) is 0 Å². The average molecular weight is 190 g/mol. The van der Waals surface area contributed by atoms with Gasteiger partial charge in [0.05, 0.1) is 0 Å². The van der Waals surface area contributed by atoms with Gasteiger partial charge in [-0.3, -0.25) is 0 Å². The molecule has 0 radical (unpaired) electrons. The molecule has 2 heteroatoms. The summed E-state index contributed by atoms with van der Waals surface area (Å²) in [5.41, 5.74) is 6.63. The zero-order chi connectivity index (χ0) is 8.22. The van der Waals surface area contributed by atoms with Crippen LogP contribution in [0.5, 0.6) is 0 Å². The van der Waals surface area contributed by atoms with Crippen LogP contribution < -0.4 is 5.73 Å². The lowest BCUT2D eigenvalue weighted by molar-refractivity contribution is -0.108. The van der Waals surface area contributed by atoms with Crippen molar-refractivity contribution < 1.29 is 0 Å². The Balaban J connectivity index is 0.000000720. The van der Waals surface area contributed by atoms with Crippen LogP contribution in [0.3, 0.4) is 0 Å². The van der Waals surface area contributed by atoms with E-state index in [9.17, 15) is 0 Å². The molecule has 0 saturated heterocycles. The van der Waals surface area contributed by atoms with Gasteiger partial charge in [0.25, 0.3) is 0 Å². The summed E-state index contributed by atoms with van der Waals surface area (Å²) in [6, 6.07) is 0.492. The molecule has 1 nitrogen and oxygen atoms in total. The average Bonchev–Trinajstić information content (AvgIpc) is 1.93. The van der Waals surface area contributed by atoms with E-state index in [2.05, 4.69) is 20.8 Å². The van der Waals surface area contributed by atoms with Crippen molar-refractivity contribution >= 4 is 12.4 Å². The third-order valence-corrected chi connectivity index (χ3v) is 4.41. The third-order valence-electron chi connectivity index (χ3n) is 4.41. The second-order valence-electron chi connectivity index (χ2n) is 5.12. The van der Waals surface area contributed by atoms with Gasteiger partial charge < -0.3 is 5.73 Å². The van der Waals surface area contributed by atoms with E-state index >= 15 is 0 Å². The standard InChI is InChI=1S/C10H19N.ClH/c1-6-8-4-7(5-9(6)11)10(8,2)3;/h6-9H,4-5,11H2,1-3H3;1H/t6-,7+,8-,9-;/m1./s1. The van der Waals surface area contributed by atoms with Gasteiger partial charge in [0.15, 0.2) is 0 Å². The van der Waals surface area contributed by atoms with Gasteiger partial charge >= 0.3 is 0 Å². The molecule has 3 aliphatic rings. The lowest BCUT2D eigenvalue weighted by atomic mass is 9.45. The largest absolute Gasteiger partial charge is 0.327 e. The van der Waals surface area contributed by atoms with Gasteiger partial charge in [0.1, 0.15) is 0 Å². The molecule has 0 aliphatic heterocycles. The fourth-order valence-corrected chi connectivity index (χ4v) is 3.19. The molecule has 0 spiro atoms. The molecule has 12 heavy (non-hydrogen) atoms. The van der Waals surface area contributed by atoms with Gasteiger partial charge in [-0.1, -0.05) is 20.8 Å². The minimum Gasteiger partial charge on any atom is -0.327 e. The number of hydrogen-bond donors (Lipinski definition) is 1. The minimum absolute atomic E-state index is 0. The Hall–Kier alpha value is 0.250. The van der Waals surface area contributed by atoms with Crippen LogP contribution in [0.25, 0.3) is 0 Å². The minimum atomic E-state index is 0. The van der Waals surface area contributed by atoms with Crippen LogP contribution in [0.1, 0.15) is 33.6 Å². The first-order chi connectivity index (χ1) is 5.03. The van der Waals surface area contributed by atoms with E-state index in [0.717, 1.165) is 17.8 Å². The topological polar surface area (TPSA) is 26.0 Å². The smallest absolute Gasteiger partial charge is 0.00702 e. The highest BCUT2D eigenvalue weighted by Crippen LogP contribution is 2.60. The van der Waals surface area contributed by atoms with Gasteiger partial charge in [-0.2, -0.15) is 0 Å². The van der Waals surface area contributed by atoms with Crippen LogP contribution in [0.4, 0.5) is 0 Å². The van der Waals surface area contributed by atoms with Crippen molar-refractivity contribution in [3.8, 4) is 0 Å². The molecule has 0 aromatic carbocycles. The monoisotopic (exact) mass is 189 g/mol. The van der Waals surface area contributed by atoms with Crippen LogP contribution >= 0.6 is 12.4 Å². The summed E-state index contributed by atoms with van der Waals surface area (Å²) in [7, 11) is 0. The highest BCUT2D eigenvalue weighted by Gasteiger charge is 2.55. The predicted molar refractivity (Wildman–Crippen MR) is 54.4 cm³/mol. The number of fused-ring (bicyclic) bond motifs is 2. The molecule has 72 valence electrons. The Morgan fingerprint density at radius 3 is 2.17 bits per heavy atom. The summed E-state index contributed by atoms with van der Waals surface area (Å²) in [4.78, 5) is 0. The highest BCUT2D eigenvalue weighted by atomic mass is 35.5. The van der Waals surface area contributed by atoms with Gasteiger partial charge in [0.2, 0.25) is 0 Å². The molecule has 2 bridgehead atoms. The van der Waals surface area contributed by atoms with Crippen molar-refractivity contribution in [1.82, 2.24) is 0 Å². The number of rotatable bonds is 0. The summed E-state index contributed by atoms with van der Waals surface area (Å²) < 4.78 is 0. The summed E-state index contributed by atoms with van der Waals surface area (Å²) in [5, 5.41) is 0. The normalized spacial score (nSPS) is 49.0. The molecule has 0 amide bonds. The van der Waals surface area contributed by atoms with Gasteiger partial charge in [0, 0.05) is 6.04 Å². The van der Waals surface area contributed by atoms with Crippen LogP contribution in [0.15, 0.2) is 0 Å². The molecule has 0 aromatic heterocycles. The number of halogens is 1. The van der Waals surface area contributed by atoms with Crippen LogP contribution in [0, 0.1) is 23.2 Å². The summed E-state index contributed by atoms with van der Waals surface area (Å²) in [6.45, 7) is 7.15. The number of nitrogens with two attached hydrogens (primary N) is 1. The zero-order valence-electron chi connectivity index (χ0n) is 8.21. The molecule has 3 aliphatic carbocycles. The molecule has 3 fully saturated rings. The van der Waals surface area contributed by atoms with Crippen LogP contribution in [0.2, 0.25) is 0 Å². The van der Waals surface area contributed by atoms with E-state index in [1.165, 1.54) is 12.8 Å². The predicted octanol–water partition coefficient (Wildman–Crippen LogP) is 2.44. The quantitative estimate of drug-likeness (QED) is 0.623. The molecular formula is C10H20ClN. The summed E-state index contributed by atoms with van der Waals surface area (Å²) in [5.74, 6) is 2.60. The molecule has 0 heterocycles. The van der Waals surface area contributed by atoms with E-state index in [0.29, 0.717) is 11.5 Å². The molecule has 4 atom stereocenters. The van der Waals surface area contributed by atoms with Crippen molar-refractivity contribution in [2.75, 3.05) is 0 Å². The zero-order valence-corrected chi connectivity index (χ0v) is 9.03. The molecule has 2 N–H and O–H groups in total. The molecule has 3 rings (SSSR count). The fraction of sp³-hybridized carbons (Fsp3) is 1.00. The molecule has 3 saturated carbocycles. The van der Waals surface area contributed by atoms with Crippen molar-refractivity contribution in [1.29, 1.82) is 0 Å². The first-order valence-corrected chi connectivity index (χ1v) is 4.79. The van der Waals surface area contributed by atoms with Gasteiger partial charge in [-0.25, -0.2) is 0 Å². The Morgan fingerprint density at radius 2 is 1.83 bits per heavy atom. The maximum Gasteiger partial charge on any atom is 0.00702 e. The van der Waals surface area contributed by atoms with Gasteiger partial charge in [-0.05, 0) is 36.0 Å². The Bertz CT molecular complexity index is 179. The number of hydrogen-bond acceptors (Lipinski definition) is 1.